The average Bonchev–Trinajstić information content (AvgIpc) is 2.59. The predicted molar refractivity (Wildman–Crippen MR) is 91.8 cm³/mol. The zero-order valence-corrected chi connectivity index (χ0v) is 14.0. The van der Waals surface area contributed by atoms with Gasteiger partial charge in [-0.3, -0.25) is 9.59 Å². The minimum atomic E-state index is -0.701. The molecule has 0 spiro atoms. The number of primary amides is 1. The lowest BCUT2D eigenvalue weighted by molar-refractivity contribution is -0.118. The Morgan fingerprint density at radius 3 is 2.68 bits per heavy atom. The molecule has 0 aliphatic rings. The highest BCUT2D eigenvalue weighted by Gasteiger charge is 2.16. The Labute approximate surface area is 148 Å². The number of carbonyl (C=O) groups is 2. The number of nitrogens with one attached hydrogen (secondary N) is 1. The summed E-state index contributed by atoms with van der Waals surface area (Å²) in [4.78, 5) is 23.5. The van der Waals surface area contributed by atoms with Crippen molar-refractivity contribution in [1.82, 2.24) is 0 Å². The van der Waals surface area contributed by atoms with E-state index in [-0.39, 0.29) is 28.7 Å². The number of hydrogen-bond donors (Lipinski definition) is 2. The minimum Gasteiger partial charge on any atom is -0.493 e. The summed E-state index contributed by atoms with van der Waals surface area (Å²) in [5, 5.41) is 11.6. The third-order valence-corrected chi connectivity index (χ3v) is 3.50. The van der Waals surface area contributed by atoms with Gasteiger partial charge in [-0.25, -0.2) is 0 Å². The van der Waals surface area contributed by atoms with Crippen LogP contribution in [0.3, 0.4) is 0 Å². The lowest BCUT2D eigenvalue weighted by atomic mass is 10.2. The lowest BCUT2D eigenvalue weighted by Crippen LogP contribution is -2.22. The summed E-state index contributed by atoms with van der Waals surface area (Å²) in [7, 11) is 1.41. The van der Waals surface area contributed by atoms with Gasteiger partial charge < -0.3 is 20.5 Å². The number of halogens is 1. The Bertz CT molecular complexity index is 861. The third-order valence-electron chi connectivity index (χ3n) is 3.19. The van der Waals surface area contributed by atoms with Gasteiger partial charge in [0.25, 0.3) is 11.8 Å². The van der Waals surface area contributed by atoms with Crippen LogP contribution in [0.2, 0.25) is 5.02 Å². The molecule has 25 heavy (non-hydrogen) atoms. The summed E-state index contributed by atoms with van der Waals surface area (Å²) in [5.41, 5.74) is 6.11. The summed E-state index contributed by atoms with van der Waals surface area (Å²) >= 11 is 5.91. The van der Waals surface area contributed by atoms with E-state index in [2.05, 4.69) is 5.32 Å². The fourth-order valence-electron chi connectivity index (χ4n) is 2.04. The number of rotatable bonds is 6. The molecule has 0 aliphatic carbocycles. The number of nitrogens with zero attached hydrogens (tertiary/aromatic N) is 1. The summed E-state index contributed by atoms with van der Waals surface area (Å²) in [6.45, 7) is -0.377. The van der Waals surface area contributed by atoms with Crippen molar-refractivity contribution >= 4 is 29.1 Å². The number of amides is 2. The molecule has 8 heteroatoms. The number of anilines is 1. The van der Waals surface area contributed by atoms with Crippen LogP contribution >= 0.6 is 11.6 Å². The van der Waals surface area contributed by atoms with Gasteiger partial charge in [0.1, 0.15) is 6.07 Å². The predicted octanol–water partition coefficient (Wildman–Crippen LogP) is 2.34. The van der Waals surface area contributed by atoms with Gasteiger partial charge in [-0.15, -0.1) is 0 Å². The zero-order valence-electron chi connectivity index (χ0n) is 13.2. The average molecular weight is 360 g/mol. The van der Waals surface area contributed by atoms with Gasteiger partial charge in [0.2, 0.25) is 0 Å². The Morgan fingerprint density at radius 1 is 1.32 bits per heavy atom. The first-order chi connectivity index (χ1) is 12.0. The molecule has 0 aromatic heterocycles. The molecule has 0 fully saturated rings. The Balaban J connectivity index is 2.09. The summed E-state index contributed by atoms with van der Waals surface area (Å²) in [6.07, 6.45) is 0. The fraction of sp³-hybridized carbons (Fsp3) is 0.118. The molecule has 2 aromatic carbocycles. The van der Waals surface area contributed by atoms with Crippen molar-refractivity contribution in [1.29, 1.82) is 5.26 Å². The molecule has 0 bridgehead atoms. The molecule has 128 valence electrons. The molecule has 2 rings (SSSR count). The van der Waals surface area contributed by atoms with Gasteiger partial charge in [0.05, 0.1) is 23.3 Å². The molecule has 7 nitrogen and oxygen atoms in total. The first kappa shape index (κ1) is 18.1. The molecule has 2 aromatic rings. The highest BCUT2D eigenvalue weighted by atomic mass is 35.5. The fourth-order valence-corrected chi connectivity index (χ4v) is 2.26. The van der Waals surface area contributed by atoms with E-state index in [1.165, 1.54) is 25.3 Å². The molecule has 0 radical (unpaired) electrons. The van der Waals surface area contributed by atoms with Gasteiger partial charge >= 0.3 is 0 Å². The van der Waals surface area contributed by atoms with E-state index < -0.39 is 11.8 Å². The van der Waals surface area contributed by atoms with E-state index >= 15 is 0 Å². The number of ether oxygens (including phenoxy) is 2. The van der Waals surface area contributed by atoms with Crippen LogP contribution in [-0.2, 0) is 4.79 Å². The number of nitrogens with two attached hydrogens (primary N) is 1. The Kier molecular flexibility index (Phi) is 5.82. The number of nitriles is 1. The van der Waals surface area contributed by atoms with E-state index in [1.807, 2.05) is 6.07 Å². The van der Waals surface area contributed by atoms with Gasteiger partial charge in [-0.2, -0.15) is 5.26 Å². The molecule has 0 aliphatic heterocycles. The van der Waals surface area contributed by atoms with Crippen molar-refractivity contribution in [3.8, 4) is 17.6 Å². The largest absolute Gasteiger partial charge is 0.493 e. The van der Waals surface area contributed by atoms with E-state index in [0.29, 0.717) is 11.3 Å². The van der Waals surface area contributed by atoms with Gasteiger partial charge in [0.15, 0.2) is 18.1 Å². The molecule has 3 N–H and O–H groups in total. The van der Waals surface area contributed by atoms with E-state index in [1.54, 1.807) is 18.2 Å². The van der Waals surface area contributed by atoms with Crippen LogP contribution < -0.4 is 20.5 Å². The first-order valence-corrected chi connectivity index (χ1v) is 7.43. The van der Waals surface area contributed by atoms with E-state index in [9.17, 15) is 9.59 Å². The Hall–Kier alpha value is -3.24. The molecular formula is C17H14ClN3O4. The van der Waals surface area contributed by atoms with Crippen LogP contribution in [0.5, 0.6) is 11.5 Å². The smallest absolute Gasteiger partial charge is 0.262 e. The zero-order chi connectivity index (χ0) is 18.4. The number of benzene rings is 2. The quantitative estimate of drug-likeness (QED) is 0.821. The number of para-hydroxylation sites is 1. The monoisotopic (exact) mass is 359 g/mol. The van der Waals surface area contributed by atoms with E-state index in [4.69, 9.17) is 32.1 Å². The second kappa shape index (κ2) is 8.04. The number of carbonyl (C=O) groups excluding carboxylic acids is 2. The first-order valence-electron chi connectivity index (χ1n) is 7.05. The van der Waals surface area contributed by atoms with E-state index in [0.717, 1.165) is 0 Å². The van der Waals surface area contributed by atoms with Crippen molar-refractivity contribution in [3.05, 3.63) is 52.5 Å². The van der Waals surface area contributed by atoms with Crippen LogP contribution in [0.15, 0.2) is 36.4 Å². The number of methoxy groups -OCH3 is 1. The van der Waals surface area contributed by atoms with Crippen molar-refractivity contribution in [2.75, 3.05) is 19.0 Å². The number of hydrogen-bond acceptors (Lipinski definition) is 5. The molecule has 2 amide bonds. The van der Waals surface area contributed by atoms with Crippen LogP contribution in [0.4, 0.5) is 5.69 Å². The highest BCUT2D eigenvalue weighted by Crippen LogP contribution is 2.30. The highest BCUT2D eigenvalue weighted by molar-refractivity contribution is 6.32. The topological polar surface area (TPSA) is 114 Å². The maximum Gasteiger partial charge on any atom is 0.262 e. The normalized spacial score (nSPS) is 9.80. The minimum absolute atomic E-state index is 0.0884. The van der Waals surface area contributed by atoms with Crippen LogP contribution in [-0.4, -0.2) is 25.5 Å². The molecule has 0 atom stereocenters. The summed E-state index contributed by atoms with van der Waals surface area (Å²) < 4.78 is 10.5. The van der Waals surface area contributed by atoms with Crippen molar-refractivity contribution in [2.24, 2.45) is 5.73 Å². The summed E-state index contributed by atoms with van der Waals surface area (Å²) in [5.74, 6) is -0.814. The van der Waals surface area contributed by atoms with Gasteiger partial charge in [-0.05, 0) is 30.3 Å². The summed E-state index contributed by atoms with van der Waals surface area (Å²) in [6, 6.07) is 11.1. The lowest BCUT2D eigenvalue weighted by Gasteiger charge is -2.13. The van der Waals surface area contributed by atoms with Crippen LogP contribution in [0, 0.1) is 11.3 Å². The van der Waals surface area contributed by atoms with Gasteiger partial charge in [0, 0.05) is 5.69 Å². The SMILES string of the molecule is COc1cccc(C(N)=O)c1OCC(=O)Nc1ccc(C#N)c(Cl)c1. The maximum absolute atomic E-state index is 12.0. The second-order valence-corrected chi connectivity index (χ2v) is 5.25. The Morgan fingerprint density at radius 2 is 2.08 bits per heavy atom. The van der Waals surface area contributed by atoms with Crippen molar-refractivity contribution in [3.63, 3.8) is 0 Å². The maximum atomic E-state index is 12.0. The molecule has 0 saturated heterocycles. The third kappa shape index (κ3) is 4.40. The molecular weight excluding hydrogens is 346 g/mol. The standard InChI is InChI=1S/C17H14ClN3O4/c1-24-14-4-2-3-12(17(20)23)16(14)25-9-15(22)21-11-6-5-10(8-19)13(18)7-11/h2-7H,9H2,1H3,(H2,20,23)(H,21,22). The van der Waals surface area contributed by atoms with Crippen LogP contribution in [0.1, 0.15) is 15.9 Å². The molecule has 0 heterocycles. The van der Waals surface area contributed by atoms with Crippen LogP contribution in [0.25, 0.3) is 0 Å². The molecule has 0 saturated carbocycles. The second-order valence-electron chi connectivity index (χ2n) is 4.84. The van der Waals surface area contributed by atoms with Crippen molar-refractivity contribution < 1.29 is 19.1 Å². The van der Waals surface area contributed by atoms with Gasteiger partial charge in [-0.1, -0.05) is 17.7 Å². The molecule has 0 unspecified atom stereocenters. The van der Waals surface area contributed by atoms with Crippen molar-refractivity contribution in [2.45, 2.75) is 0 Å².